The molecule has 0 unspecified atom stereocenters. The van der Waals surface area contributed by atoms with E-state index in [9.17, 15) is 9.59 Å². The summed E-state index contributed by atoms with van der Waals surface area (Å²) in [4.78, 5) is 29.8. The lowest BCUT2D eigenvalue weighted by atomic mass is 9.86. The fourth-order valence-corrected chi connectivity index (χ4v) is 4.24. The molecule has 0 radical (unpaired) electrons. The lowest BCUT2D eigenvalue weighted by molar-refractivity contribution is -0.134. The number of amides is 3. The topological polar surface area (TPSA) is 83.4 Å². The maximum atomic E-state index is 13.4. The van der Waals surface area contributed by atoms with E-state index in [1.165, 1.54) is 10.5 Å². The lowest BCUT2D eigenvalue weighted by Crippen LogP contribution is -2.56. The number of hydrogen-bond acceptors (Lipinski definition) is 5. The van der Waals surface area contributed by atoms with Crippen molar-refractivity contribution in [1.82, 2.24) is 29.9 Å². The molecule has 3 heterocycles. The van der Waals surface area contributed by atoms with E-state index in [4.69, 9.17) is 0 Å². The van der Waals surface area contributed by atoms with Crippen LogP contribution in [0, 0.1) is 6.92 Å². The van der Waals surface area contributed by atoms with Gasteiger partial charge in [-0.25, -0.2) is 4.79 Å². The molecule has 0 bridgehead atoms. The summed E-state index contributed by atoms with van der Waals surface area (Å²) in [5, 5.41) is 11.2. The van der Waals surface area contributed by atoms with Crippen molar-refractivity contribution in [3.63, 3.8) is 0 Å². The molecule has 0 saturated carbocycles. The molecule has 2 saturated heterocycles. The zero-order valence-electron chi connectivity index (χ0n) is 16.6. The second kappa shape index (κ2) is 8.92. The molecule has 3 amide bonds. The first-order valence-electron chi connectivity index (χ1n) is 9.84. The average Bonchev–Trinajstić information content (AvgIpc) is 3.21. The van der Waals surface area contributed by atoms with Gasteiger partial charge in [0.1, 0.15) is 17.7 Å². The van der Waals surface area contributed by atoms with Crippen molar-refractivity contribution < 1.29 is 9.59 Å². The molecule has 4 rings (SSSR count). The molecule has 29 heavy (non-hydrogen) atoms. The maximum Gasteiger partial charge on any atom is 0.327 e. The summed E-state index contributed by atoms with van der Waals surface area (Å²) in [6.45, 7) is 4.76. The summed E-state index contributed by atoms with van der Waals surface area (Å²) in [5.74, 6) is 0.717. The molecule has 9 heteroatoms. The van der Waals surface area contributed by atoms with Crippen LogP contribution in [0.3, 0.4) is 0 Å². The van der Waals surface area contributed by atoms with Crippen molar-refractivity contribution in [2.24, 2.45) is 0 Å². The predicted octanol–water partition coefficient (Wildman–Crippen LogP) is 1.64. The number of nitrogens with one attached hydrogen (secondary N) is 1. The first-order chi connectivity index (χ1) is 13.6. The standard InChI is InChI=1S/C20H26N6O2.ClH/c1-16-23-22-15-24(16)13-14-25-18(27)20(8-10-21-11-9-20)26(19(25)28)12-7-17-5-3-2-4-6-17;/h2-6,15,21H,7-14H2,1H3;1H. The van der Waals surface area contributed by atoms with E-state index in [2.05, 4.69) is 27.6 Å². The third-order valence-electron chi connectivity index (χ3n) is 5.89. The molecule has 2 aliphatic heterocycles. The van der Waals surface area contributed by atoms with Gasteiger partial charge in [-0.15, -0.1) is 22.6 Å². The van der Waals surface area contributed by atoms with E-state index >= 15 is 0 Å². The Labute approximate surface area is 176 Å². The number of hydrogen-bond donors (Lipinski definition) is 1. The van der Waals surface area contributed by atoms with Crippen LogP contribution in [0.5, 0.6) is 0 Å². The van der Waals surface area contributed by atoms with E-state index in [-0.39, 0.29) is 24.3 Å². The van der Waals surface area contributed by atoms with Crippen LogP contribution >= 0.6 is 12.4 Å². The molecule has 2 aliphatic rings. The Bertz CT molecular complexity index is 850. The highest BCUT2D eigenvalue weighted by Crippen LogP contribution is 2.35. The van der Waals surface area contributed by atoms with Gasteiger partial charge < -0.3 is 14.8 Å². The molecular weight excluding hydrogens is 392 g/mol. The van der Waals surface area contributed by atoms with Crippen LogP contribution < -0.4 is 5.32 Å². The van der Waals surface area contributed by atoms with Gasteiger partial charge in [0.25, 0.3) is 5.91 Å². The first kappa shape index (κ1) is 21.3. The van der Waals surface area contributed by atoms with Gasteiger partial charge in [0, 0.05) is 19.6 Å². The molecule has 1 spiro atoms. The average molecular weight is 419 g/mol. The van der Waals surface area contributed by atoms with Gasteiger partial charge in [-0.1, -0.05) is 30.3 Å². The number of carbonyl (C=O) groups excluding carboxylic acids is 2. The monoisotopic (exact) mass is 418 g/mol. The van der Waals surface area contributed by atoms with Gasteiger partial charge in [-0.05, 0) is 44.8 Å². The molecule has 8 nitrogen and oxygen atoms in total. The third kappa shape index (κ3) is 4.00. The normalized spacial score (nSPS) is 18.4. The summed E-state index contributed by atoms with van der Waals surface area (Å²) in [5.41, 5.74) is 0.463. The first-order valence-corrected chi connectivity index (χ1v) is 9.84. The Hall–Kier alpha value is -2.45. The Morgan fingerprint density at radius 3 is 2.45 bits per heavy atom. The SMILES string of the molecule is Cc1nncn1CCN1C(=O)N(CCc2ccccc2)C2(CCNCC2)C1=O.Cl. The minimum Gasteiger partial charge on any atom is -0.317 e. The number of carbonyl (C=O) groups is 2. The number of aryl methyl sites for hydroxylation is 1. The zero-order valence-corrected chi connectivity index (χ0v) is 17.4. The van der Waals surface area contributed by atoms with Gasteiger partial charge >= 0.3 is 6.03 Å². The predicted molar refractivity (Wildman–Crippen MR) is 111 cm³/mol. The number of benzene rings is 1. The van der Waals surface area contributed by atoms with Crippen molar-refractivity contribution >= 4 is 24.3 Å². The maximum absolute atomic E-state index is 13.4. The lowest BCUT2D eigenvalue weighted by Gasteiger charge is -2.38. The minimum atomic E-state index is -0.709. The Balaban J connectivity index is 0.00000240. The smallest absolute Gasteiger partial charge is 0.317 e. The van der Waals surface area contributed by atoms with Crippen molar-refractivity contribution in [1.29, 1.82) is 0 Å². The van der Waals surface area contributed by atoms with Crippen molar-refractivity contribution in [3.05, 3.63) is 48.0 Å². The van der Waals surface area contributed by atoms with Crippen LogP contribution in [0.2, 0.25) is 0 Å². The largest absolute Gasteiger partial charge is 0.327 e. The fraction of sp³-hybridized carbons (Fsp3) is 0.500. The number of piperidine rings is 1. The molecule has 156 valence electrons. The second-order valence-corrected chi connectivity index (χ2v) is 7.48. The van der Waals surface area contributed by atoms with Gasteiger partial charge in [-0.2, -0.15) is 0 Å². The highest BCUT2D eigenvalue weighted by atomic mass is 35.5. The van der Waals surface area contributed by atoms with E-state index in [0.717, 1.165) is 25.3 Å². The quantitative estimate of drug-likeness (QED) is 0.721. The number of nitrogens with zero attached hydrogens (tertiary/aromatic N) is 5. The third-order valence-corrected chi connectivity index (χ3v) is 5.89. The summed E-state index contributed by atoms with van der Waals surface area (Å²) >= 11 is 0. The van der Waals surface area contributed by atoms with Gasteiger partial charge in [0.15, 0.2) is 0 Å². The summed E-state index contributed by atoms with van der Waals surface area (Å²) in [6, 6.07) is 9.93. The number of halogens is 1. The molecule has 1 aromatic heterocycles. The van der Waals surface area contributed by atoms with Gasteiger partial charge in [0.2, 0.25) is 0 Å². The summed E-state index contributed by atoms with van der Waals surface area (Å²) < 4.78 is 1.86. The van der Waals surface area contributed by atoms with Crippen LogP contribution in [-0.4, -0.2) is 68.2 Å². The highest BCUT2D eigenvalue weighted by molar-refractivity contribution is 6.07. The van der Waals surface area contributed by atoms with E-state index in [1.54, 1.807) is 6.33 Å². The van der Waals surface area contributed by atoms with E-state index in [0.29, 0.717) is 32.5 Å². The summed E-state index contributed by atoms with van der Waals surface area (Å²) in [6.07, 6.45) is 3.70. The second-order valence-electron chi connectivity index (χ2n) is 7.48. The highest BCUT2D eigenvalue weighted by Gasteiger charge is 2.56. The van der Waals surface area contributed by atoms with Gasteiger partial charge in [0.05, 0.1) is 0 Å². The molecule has 2 fully saturated rings. The van der Waals surface area contributed by atoms with Crippen LogP contribution in [0.4, 0.5) is 4.79 Å². The van der Waals surface area contributed by atoms with Crippen molar-refractivity contribution in [2.45, 2.75) is 38.3 Å². The fourth-order valence-electron chi connectivity index (χ4n) is 4.24. The minimum absolute atomic E-state index is 0. The zero-order chi connectivity index (χ0) is 19.6. The van der Waals surface area contributed by atoms with Crippen molar-refractivity contribution in [2.75, 3.05) is 26.2 Å². The molecular formula is C20H27ClN6O2. The summed E-state index contributed by atoms with van der Waals surface area (Å²) in [7, 11) is 0. The van der Waals surface area contributed by atoms with Crippen LogP contribution in [-0.2, 0) is 17.8 Å². The Kier molecular flexibility index (Phi) is 6.54. The van der Waals surface area contributed by atoms with Crippen LogP contribution in [0.15, 0.2) is 36.7 Å². The Morgan fingerprint density at radius 1 is 1.07 bits per heavy atom. The van der Waals surface area contributed by atoms with Crippen LogP contribution in [0.1, 0.15) is 24.2 Å². The van der Waals surface area contributed by atoms with E-state index in [1.807, 2.05) is 34.6 Å². The Morgan fingerprint density at radius 2 is 1.79 bits per heavy atom. The molecule has 0 atom stereocenters. The number of urea groups is 1. The number of rotatable bonds is 6. The molecule has 1 N–H and O–H groups in total. The molecule has 1 aromatic carbocycles. The molecule has 2 aromatic rings. The van der Waals surface area contributed by atoms with Crippen molar-refractivity contribution in [3.8, 4) is 0 Å². The number of imide groups is 1. The molecule has 0 aliphatic carbocycles. The van der Waals surface area contributed by atoms with E-state index < -0.39 is 5.54 Å². The van der Waals surface area contributed by atoms with Crippen LogP contribution in [0.25, 0.3) is 0 Å². The van der Waals surface area contributed by atoms with Gasteiger partial charge in [-0.3, -0.25) is 9.69 Å². The number of aromatic nitrogens is 3.